The van der Waals surface area contributed by atoms with Gasteiger partial charge in [0.2, 0.25) is 0 Å². The number of fused-ring (bicyclic) bond motifs is 1. The molecular weight excluding hydrogens is 460 g/mol. The van der Waals surface area contributed by atoms with Crippen LogP contribution in [-0.2, 0) is 0 Å². The Balaban J connectivity index is 1.59. The highest BCUT2D eigenvalue weighted by molar-refractivity contribution is 6.01. The minimum Gasteiger partial charge on any atom is -0.378 e. The molecule has 2 aromatic carbocycles. The first-order chi connectivity index (χ1) is 17.8. The summed E-state index contributed by atoms with van der Waals surface area (Å²) >= 11 is 0. The van der Waals surface area contributed by atoms with E-state index < -0.39 is 0 Å². The lowest BCUT2D eigenvalue weighted by Crippen LogP contribution is -2.40. The summed E-state index contributed by atoms with van der Waals surface area (Å²) in [6.45, 7) is 4.19. The van der Waals surface area contributed by atoms with Gasteiger partial charge in [0, 0.05) is 49.3 Å². The fourth-order valence-electron chi connectivity index (χ4n) is 5.14. The topological polar surface area (TPSA) is 87.7 Å². The van der Waals surface area contributed by atoms with Crippen LogP contribution in [0.5, 0.6) is 0 Å². The number of hydrogen-bond donors (Lipinski definition) is 3. The van der Waals surface area contributed by atoms with Gasteiger partial charge in [-0.25, -0.2) is 4.98 Å². The number of pyridine rings is 1. The third-order valence-electron chi connectivity index (χ3n) is 7.38. The van der Waals surface area contributed by atoms with Crippen molar-refractivity contribution in [3.8, 4) is 11.3 Å². The highest BCUT2D eigenvalue weighted by Gasteiger charge is 2.24. The SMILES string of the molecule is Cc1cccc(C)c1Nc1c(-c2ccc(N(C)C)cc2)nc2c(C(=O)NC3CCC(N)CC3)cccn12. The zero-order valence-electron chi connectivity index (χ0n) is 22.1. The first-order valence-electron chi connectivity index (χ1n) is 13.0. The Kier molecular flexibility index (Phi) is 6.89. The molecule has 1 aliphatic carbocycles. The monoisotopic (exact) mass is 496 g/mol. The summed E-state index contributed by atoms with van der Waals surface area (Å²) in [5.41, 5.74) is 13.5. The van der Waals surface area contributed by atoms with Gasteiger partial charge in [-0.3, -0.25) is 9.20 Å². The second-order valence-electron chi connectivity index (χ2n) is 10.3. The number of nitrogens with one attached hydrogen (secondary N) is 2. The van der Waals surface area contributed by atoms with Crippen LogP contribution >= 0.6 is 0 Å². The number of para-hydroxylation sites is 1. The summed E-state index contributed by atoms with van der Waals surface area (Å²) in [6, 6.07) is 18.7. The summed E-state index contributed by atoms with van der Waals surface area (Å²) in [4.78, 5) is 20.5. The van der Waals surface area contributed by atoms with E-state index in [1.54, 1.807) is 0 Å². The van der Waals surface area contributed by atoms with Crippen LogP contribution in [0.1, 0.15) is 47.2 Å². The molecule has 0 atom stereocenters. The molecule has 0 aliphatic heterocycles. The molecule has 1 fully saturated rings. The molecule has 4 N–H and O–H groups in total. The number of amides is 1. The molecule has 2 heterocycles. The molecule has 0 radical (unpaired) electrons. The Labute approximate surface area is 218 Å². The van der Waals surface area contributed by atoms with Crippen molar-refractivity contribution < 1.29 is 4.79 Å². The Bertz CT molecular complexity index is 1390. The molecule has 0 spiro atoms. The molecule has 7 heteroatoms. The normalized spacial score (nSPS) is 17.5. The van der Waals surface area contributed by atoms with Crippen molar-refractivity contribution in [1.82, 2.24) is 14.7 Å². The van der Waals surface area contributed by atoms with E-state index in [0.29, 0.717) is 11.2 Å². The number of nitrogens with two attached hydrogens (primary N) is 1. The van der Waals surface area contributed by atoms with Crippen molar-refractivity contribution in [3.63, 3.8) is 0 Å². The molecule has 2 aromatic heterocycles. The van der Waals surface area contributed by atoms with Crippen molar-refractivity contribution in [2.75, 3.05) is 24.3 Å². The quantitative estimate of drug-likeness (QED) is 0.331. The summed E-state index contributed by atoms with van der Waals surface area (Å²) in [5.74, 6) is 0.743. The Hall–Kier alpha value is -3.84. The van der Waals surface area contributed by atoms with Gasteiger partial charge >= 0.3 is 0 Å². The molecule has 0 unspecified atom stereocenters. The highest BCUT2D eigenvalue weighted by atomic mass is 16.1. The molecule has 1 amide bonds. The third-order valence-corrected chi connectivity index (χ3v) is 7.38. The van der Waals surface area contributed by atoms with E-state index in [2.05, 4.69) is 71.8 Å². The first-order valence-corrected chi connectivity index (χ1v) is 13.0. The van der Waals surface area contributed by atoms with Gasteiger partial charge in [-0.05, 0) is 74.9 Å². The van der Waals surface area contributed by atoms with Gasteiger partial charge in [0.1, 0.15) is 11.5 Å². The van der Waals surface area contributed by atoms with Gasteiger partial charge in [-0.15, -0.1) is 0 Å². The molecule has 1 saturated carbocycles. The van der Waals surface area contributed by atoms with E-state index in [4.69, 9.17) is 10.7 Å². The first kappa shape index (κ1) is 24.8. The molecular formula is C30H36N6O. The zero-order valence-corrected chi connectivity index (χ0v) is 22.1. The summed E-state index contributed by atoms with van der Waals surface area (Å²) < 4.78 is 1.99. The van der Waals surface area contributed by atoms with E-state index in [1.165, 1.54) is 0 Å². The molecule has 0 bridgehead atoms. The summed E-state index contributed by atoms with van der Waals surface area (Å²) in [5, 5.41) is 6.90. The third kappa shape index (κ3) is 5.04. The maximum absolute atomic E-state index is 13.4. The van der Waals surface area contributed by atoms with Crippen LogP contribution in [0.2, 0.25) is 0 Å². The second-order valence-corrected chi connectivity index (χ2v) is 10.3. The molecule has 37 heavy (non-hydrogen) atoms. The van der Waals surface area contributed by atoms with Gasteiger partial charge in [0.05, 0.1) is 5.56 Å². The van der Waals surface area contributed by atoms with Crippen LogP contribution < -0.4 is 21.3 Å². The minimum atomic E-state index is -0.0933. The minimum absolute atomic E-state index is 0.0933. The van der Waals surface area contributed by atoms with E-state index in [0.717, 1.165) is 65.3 Å². The van der Waals surface area contributed by atoms with Crippen LogP contribution in [-0.4, -0.2) is 41.5 Å². The number of rotatable bonds is 6. The van der Waals surface area contributed by atoms with Gasteiger partial charge in [0.15, 0.2) is 5.65 Å². The Morgan fingerprint density at radius 1 is 0.973 bits per heavy atom. The lowest BCUT2D eigenvalue weighted by atomic mass is 9.91. The summed E-state index contributed by atoms with van der Waals surface area (Å²) in [6.07, 6.45) is 5.66. The number of carbonyl (C=O) groups is 1. The fraction of sp³-hybridized carbons (Fsp3) is 0.333. The Morgan fingerprint density at radius 2 is 1.65 bits per heavy atom. The fourth-order valence-corrected chi connectivity index (χ4v) is 5.14. The van der Waals surface area contributed by atoms with Gasteiger partial charge in [-0.2, -0.15) is 0 Å². The Morgan fingerprint density at radius 3 is 2.30 bits per heavy atom. The molecule has 4 aromatic rings. The van der Waals surface area contributed by atoms with E-state index in [1.807, 2.05) is 36.8 Å². The zero-order chi connectivity index (χ0) is 26.1. The van der Waals surface area contributed by atoms with Gasteiger partial charge in [0.25, 0.3) is 5.91 Å². The van der Waals surface area contributed by atoms with E-state index in [9.17, 15) is 4.79 Å². The van der Waals surface area contributed by atoms with Crippen molar-refractivity contribution >= 4 is 28.7 Å². The molecule has 1 aliphatic rings. The molecule has 5 rings (SSSR count). The average molecular weight is 497 g/mol. The number of aromatic nitrogens is 2. The van der Waals surface area contributed by atoms with Crippen LogP contribution in [0.25, 0.3) is 16.9 Å². The predicted molar refractivity (Wildman–Crippen MR) is 152 cm³/mol. The van der Waals surface area contributed by atoms with Crippen LogP contribution in [0, 0.1) is 13.8 Å². The maximum Gasteiger partial charge on any atom is 0.255 e. The molecule has 7 nitrogen and oxygen atoms in total. The lowest BCUT2D eigenvalue weighted by Gasteiger charge is -2.26. The van der Waals surface area contributed by atoms with Crippen molar-refractivity contribution in [2.45, 2.75) is 51.6 Å². The number of hydrogen-bond acceptors (Lipinski definition) is 5. The number of carbonyl (C=O) groups excluding carboxylic acids is 1. The number of imidazole rings is 1. The van der Waals surface area contributed by atoms with Gasteiger partial charge in [-0.1, -0.05) is 30.3 Å². The maximum atomic E-state index is 13.4. The number of benzene rings is 2. The summed E-state index contributed by atoms with van der Waals surface area (Å²) in [7, 11) is 4.05. The van der Waals surface area contributed by atoms with Crippen LogP contribution in [0.4, 0.5) is 17.2 Å². The van der Waals surface area contributed by atoms with E-state index >= 15 is 0 Å². The molecule has 0 saturated heterocycles. The number of aryl methyl sites for hydroxylation is 2. The largest absolute Gasteiger partial charge is 0.378 e. The number of nitrogens with zero attached hydrogens (tertiary/aromatic N) is 3. The lowest BCUT2D eigenvalue weighted by molar-refractivity contribution is 0.0927. The second kappa shape index (κ2) is 10.3. The standard InChI is InChI=1S/C30H36N6O/c1-19-7-5-8-20(2)26(19)33-29-27(21-10-16-24(17-11-21)35(3)4)34-28-25(9-6-18-36(28)29)30(37)32-23-14-12-22(31)13-15-23/h5-11,16-18,22-23,33H,12-15,31H2,1-4H3,(H,32,37). The molecule has 192 valence electrons. The van der Waals surface area contributed by atoms with Crippen molar-refractivity contribution in [3.05, 3.63) is 77.5 Å². The van der Waals surface area contributed by atoms with Crippen LogP contribution in [0.15, 0.2) is 60.8 Å². The highest BCUT2D eigenvalue weighted by Crippen LogP contribution is 2.35. The van der Waals surface area contributed by atoms with Crippen molar-refractivity contribution in [1.29, 1.82) is 0 Å². The average Bonchev–Trinajstić information content (AvgIpc) is 3.26. The predicted octanol–water partition coefficient (Wildman–Crippen LogP) is 5.43. The van der Waals surface area contributed by atoms with E-state index in [-0.39, 0.29) is 18.0 Å². The van der Waals surface area contributed by atoms with Crippen molar-refractivity contribution in [2.24, 2.45) is 5.73 Å². The van der Waals surface area contributed by atoms with Crippen LogP contribution in [0.3, 0.4) is 0 Å². The van der Waals surface area contributed by atoms with Gasteiger partial charge < -0.3 is 21.3 Å². The number of anilines is 3. The smallest absolute Gasteiger partial charge is 0.255 e.